The maximum absolute atomic E-state index is 3.20. The van der Waals surface area contributed by atoms with Gasteiger partial charge < -0.3 is 4.28 Å². The zero-order chi connectivity index (χ0) is 4.12. The number of hydrogen-bond acceptors (Lipinski definition) is 1. The maximum Gasteiger partial charge on any atom is -1.00 e. The van der Waals surface area contributed by atoms with Crippen molar-refractivity contribution in [3.8, 4) is 0 Å². The van der Waals surface area contributed by atoms with Crippen LogP contribution < -0.4 is 4.27 Å². The summed E-state index contributed by atoms with van der Waals surface area (Å²) in [7, 11) is 0. The van der Waals surface area contributed by atoms with Crippen LogP contribution in [0.25, 0.3) is 0 Å². The van der Waals surface area contributed by atoms with Crippen LogP contribution in [0.1, 0.15) is 17.6 Å². The van der Waals surface area contributed by atoms with E-state index in [9.17, 15) is 0 Å². The predicted molar refractivity (Wildman–Crippen MR) is 31.6 cm³/mol. The fraction of sp³-hybridized carbons (Fsp3) is 1.00. The van der Waals surface area contributed by atoms with E-state index in [2.05, 4.69) is 11.2 Å². The van der Waals surface area contributed by atoms with Crippen molar-refractivity contribution in [2.75, 3.05) is 6.54 Å². The van der Waals surface area contributed by atoms with Gasteiger partial charge in [-0.1, -0.05) is 0 Å². The number of nitrogens with one attached hydrogen (secondary N) is 1. The van der Waals surface area contributed by atoms with Crippen LogP contribution in [0.3, 0.4) is 0 Å². The molecular weight excluding hydrogens is 123 g/mol. The molecule has 0 aliphatic rings. The van der Waals surface area contributed by atoms with E-state index in [-0.39, 0.29) is 4.28 Å². The Morgan fingerprint density at radius 3 is 2.60 bits per heavy atom. The SMILES string of the molecule is CCC[NH][GeH3].[H-].[H-].[H-]. The minimum absolute atomic E-state index is 0. The smallest absolute Gasteiger partial charge is 1.00 e. The molecule has 1 N–H and O–H groups in total. The van der Waals surface area contributed by atoms with Gasteiger partial charge in [-0.2, -0.15) is 0 Å². The van der Waals surface area contributed by atoms with Gasteiger partial charge in [-0.05, 0) is 0 Å². The fourth-order valence-corrected chi connectivity index (χ4v) is 1.30. The first-order chi connectivity index (χ1) is 2.41. The third-order valence-corrected chi connectivity index (χ3v) is 1.55. The van der Waals surface area contributed by atoms with Crippen LogP contribution in [0.4, 0.5) is 0 Å². The maximum atomic E-state index is 3.20. The molecule has 0 unspecified atom stereocenters. The van der Waals surface area contributed by atoms with Gasteiger partial charge in [0.15, 0.2) is 0 Å². The van der Waals surface area contributed by atoms with Crippen LogP contribution in [0, 0.1) is 0 Å². The quantitative estimate of drug-likeness (QED) is 0.510. The zero-order valence-electron chi connectivity index (χ0n) is 6.91. The molecule has 0 spiro atoms. The Balaban J connectivity index is -0.0000000267. The molecule has 0 aromatic carbocycles. The molecule has 0 aromatic rings. The Kier molecular flexibility index (Phi) is 4.96. The second-order valence-electron chi connectivity index (χ2n) is 1.10. The average molecular weight is 137 g/mol. The monoisotopic (exact) mass is 138 g/mol. The van der Waals surface area contributed by atoms with Crippen molar-refractivity contribution in [2.45, 2.75) is 13.3 Å². The van der Waals surface area contributed by atoms with E-state index in [1.54, 1.807) is 0 Å². The summed E-state index contributed by atoms with van der Waals surface area (Å²) in [5.41, 5.74) is 0. The molecule has 0 radical (unpaired) electrons. The fourth-order valence-electron chi connectivity index (χ4n) is 0.250. The molecule has 0 bridgehead atoms. The van der Waals surface area contributed by atoms with Gasteiger partial charge in [0.2, 0.25) is 0 Å². The molecule has 0 aliphatic carbocycles. The largest absolute Gasteiger partial charge is 1.00 e. The Bertz CT molecular complexity index is 22.0. The Hall–Kier alpha value is 0.503. The first kappa shape index (κ1) is 5.50. The summed E-state index contributed by atoms with van der Waals surface area (Å²) < 4.78 is 3.20. The second kappa shape index (κ2) is 4.50. The topological polar surface area (TPSA) is 12.0 Å². The minimum atomic E-state index is 0. The molecular formula is C3H14GeN-3. The van der Waals surface area contributed by atoms with Crippen LogP contribution in [0.5, 0.6) is 0 Å². The van der Waals surface area contributed by atoms with Crippen LogP contribution in [-0.2, 0) is 0 Å². The molecule has 0 fully saturated rings. The van der Waals surface area contributed by atoms with Crippen molar-refractivity contribution in [3.05, 3.63) is 0 Å². The van der Waals surface area contributed by atoms with Crippen molar-refractivity contribution in [2.24, 2.45) is 0 Å². The number of rotatable bonds is 2. The van der Waals surface area contributed by atoms with Crippen molar-refractivity contribution in [1.82, 2.24) is 4.27 Å². The summed E-state index contributed by atoms with van der Waals surface area (Å²) in [6, 6.07) is 0. The van der Waals surface area contributed by atoms with Gasteiger partial charge in [0.1, 0.15) is 0 Å². The van der Waals surface area contributed by atoms with Crippen LogP contribution in [0.15, 0.2) is 0 Å². The molecule has 0 aliphatic heterocycles. The summed E-state index contributed by atoms with van der Waals surface area (Å²) in [6.07, 6.45) is 1.28. The van der Waals surface area contributed by atoms with Crippen LogP contribution in [0.2, 0.25) is 0 Å². The molecule has 0 amide bonds. The predicted octanol–water partition coefficient (Wildman–Crippen LogP) is -0.396. The second-order valence-corrected chi connectivity index (χ2v) is 2.59. The third-order valence-electron chi connectivity index (χ3n) is 0.500. The van der Waals surface area contributed by atoms with E-state index >= 15 is 0 Å². The zero-order valence-corrected chi connectivity index (χ0v) is 8.11. The molecule has 0 rings (SSSR count). The summed E-state index contributed by atoms with van der Waals surface area (Å²) in [4.78, 5) is 0. The van der Waals surface area contributed by atoms with E-state index in [0.29, 0.717) is 0 Å². The molecule has 2 heteroatoms. The van der Waals surface area contributed by atoms with Gasteiger partial charge in [-0.25, -0.2) is 0 Å². The summed E-state index contributed by atoms with van der Waals surface area (Å²) in [5, 5.41) is 0. The third kappa shape index (κ3) is 4.50. The summed E-state index contributed by atoms with van der Waals surface area (Å²) in [5.74, 6) is 0. The van der Waals surface area contributed by atoms with Gasteiger partial charge in [-0.3, -0.25) is 0 Å². The van der Waals surface area contributed by atoms with Gasteiger partial charge in [0, 0.05) is 0 Å². The first-order valence-electron chi connectivity index (χ1n) is 2.06. The summed E-state index contributed by atoms with van der Waals surface area (Å²) >= 11 is 0.864. The molecule has 0 aromatic heterocycles. The van der Waals surface area contributed by atoms with Crippen molar-refractivity contribution < 1.29 is 4.28 Å². The van der Waals surface area contributed by atoms with E-state index in [1.165, 1.54) is 13.0 Å². The van der Waals surface area contributed by atoms with Gasteiger partial charge in [0.25, 0.3) is 0 Å². The standard InChI is InChI=1S/C3H11GeN.3H/c1-2-3-5-4;;;/h5H,2-3H2,1,4H3;;;/q;3*-1. The van der Waals surface area contributed by atoms with E-state index < -0.39 is 0 Å². The number of hydrogen-bond donors (Lipinski definition) is 1. The Morgan fingerprint density at radius 1 is 2.00 bits per heavy atom. The molecule has 0 atom stereocenters. The molecule has 1 nitrogen and oxygen atoms in total. The molecule has 0 saturated heterocycles. The van der Waals surface area contributed by atoms with E-state index in [1.807, 2.05) is 0 Å². The summed E-state index contributed by atoms with van der Waals surface area (Å²) in [6.45, 7) is 3.40. The first-order valence-corrected chi connectivity index (χ1v) is 4.16. The van der Waals surface area contributed by atoms with E-state index in [0.717, 1.165) is 16.7 Å². The van der Waals surface area contributed by atoms with Crippen molar-refractivity contribution in [1.29, 1.82) is 0 Å². The Labute approximate surface area is 46.0 Å². The van der Waals surface area contributed by atoms with Gasteiger partial charge >= 0.3 is 40.9 Å². The Morgan fingerprint density at radius 2 is 2.60 bits per heavy atom. The van der Waals surface area contributed by atoms with Gasteiger partial charge in [-0.15, -0.1) is 0 Å². The minimum Gasteiger partial charge on any atom is -1.00 e. The molecule has 0 heterocycles. The van der Waals surface area contributed by atoms with E-state index in [4.69, 9.17) is 0 Å². The molecule has 5 heavy (non-hydrogen) atoms. The van der Waals surface area contributed by atoms with Crippen LogP contribution in [-0.4, -0.2) is 23.3 Å². The van der Waals surface area contributed by atoms with Crippen LogP contribution >= 0.6 is 0 Å². The van der Waals surface area contributed by atoms with Gasteiger partial charge in [0.05, 0.1) is 0 Å². The average Bonchev–Trinajstić information content (AvgIpc) is 1.41. The van der Waals surface area contributed by atoms with Crippen molar-refractivity contribution in [3.63, 3.8) is 0 Å². The molecule has 38 valence electrons. The van der Waals surface area contributed by atoms with Crippen molar-refractivity contribution >= 4 is 16.7 Å². The molecule has 0 saturated carbocycles. The normalized spacial score (nSPS) is 9.00.